The quantitative estimate of drug-likeness (QED) is 0.213. The zero-order valence-corrected chi connectivity index (χ0v) is 26.9. The van der Waals surface area contributed by atoms with Gasteiger partial charge in [-0.3, -0.25) is 0 Å². The van der Waals surface area contributed by atoms with E-state index in [9.17, 15) is 0 Å². The van der Waals surface area contributed by atoms with E-state index in [1.807, 2.05) is 0 Å². The second-order valence-corrected chi connectivity index (χ2v) is 31.6. The van der Waals surface area contributed by atoms with Crippen molar-refractivity contribution in [2.75, 3.05) is 0 Å². The van der Waals surface area contributed by atoms with Gasteiger partial charge in [0.2, 0.25) is 0 Å². The minimum absolute atomic E-state index is 0.288. The van der Waals surface area contributed by atoms with Crippen LogP contribution in [0.2, 0.25) is 12.5 Å². The summed E-state index contributed by atoms with van der Waals surface area (Å²) in [4.78, 5) is 0. The molecule has 33 heavy (non-hydrogen) atoms. The fraction of sp³-hybridized carbons (Fsp3) is 0.625. The third kappa shape index (κ3) is 3.61. The van der Waals surface area contributed by atoms with Gasteiger partial charge in [-0.2, -0.15) is 0 Å². The van der Waals surface area contributed by atoms with Gasteiger partial charge in [0.25, 0.3) is 0 Å². The zero-order valence-electron chi connectivity index (χ0n) is 23.3. The normalized spacial score (nSPS) is 25.3. The molecule has 3 aliphatic carbocycles. The molecule has 1 aromatic carbocycles. The molecule has 3 aliphatic rings. The molecule has 0 saturated heterocycles. The second kappa shape index (κ2) is 8.46. The van der Waals surface area contributed by atoms with Crippen molar-refractivity contribution in [3.8, 4) is 0 Å². The fourth-order valence-corrected chi connectivity index (χ4v) is 27.0. The first-order chi connectivity index (χ1) is 15.3. The van der Waals surface area contributed by atoms with E-state index in [4.69, 9.17) is 0 Å². The fourth-order valence-electron chi connectivity index (χ4n) is 7.86. The van der Waals surface area contributed by atoms with Crippen molar-refractivity contribution in [1.82, 2.24) is 0 Å². The molecule has 1 heteroatoms. The summed E-state index contributed by atoms with van der Waals surface area (Å²) >= 11 is -3.09. The molecule has 180 valence electrons. The van der Waals surface area contributed by atoms with E-state index in [2.05, 4.69) is 89.0 Å². The van der Waals surface area contributed by atoms with Crippen LogP contribution in [0.5, 0.6) is 0 Å². The van der Waals surface area contributed by atoms with Crippen molar-refractivity contribution in [1.29, 1.82) is 0 Å². The Morgan fingerprint density at radius 1 is 0.818 bits per heavy atom. The maximum atomic E-state index is 2.81. The summed E-state index contributed by atoms with van der Waals surface area (Å²) < 4.78 is 6.20. The van der Waals surface area contributed by atoms with Crippen LogP contribution in [0.3, 0.4) is 0 Å². The first kappa shape index (κ1) is 25.4. The number of rotatable bonds is 7. The van der Waals surface area contributed by atoms with E-state index < -0.39 is 20.0 Å². The molecular weight excluding hydrogens is 563 g/mol. The average molecular weight is 611 g/mol. The number of unbranched alkanes of at least 4 members (excludes halogenated alkanes) is 3. The maximum absolute atomic E-state index is 3.09. The third-order valence-electron chi connectivity index (χ3n) is 10.7. The van der Waals surface area contributed by atoms with Crippen LogP contribution >= 0.6 is 0 Å². The number of allylic oxidation sites excluding steroid dienone is 5. The molecule has 1 aromatic rings. The number of benzene rings is 1. The molecule has 1 atom stereocenters. The molecule has 1 unspecified atom stereocenters. The van der Waals surface area contributed by atoms with Crippen LogP contribution in [0.15, 0.2) is 40.5 Å². The number of hydrogen-bond acceptors (Lipinski definition) is 0. The van der Waals surface area contributed by atoms with E-state index in [1.165, 1.54) is 44.9 Å². The molecule has 0 spiro atoms. The van der Waals surface area contributed by atoms with Gasteiger partial charge in [0.15, 0.2) is 0 Å². The Hall–Kier alpha value is -0.690. The topological polar surface area (TPSA) is 0 Å². The van der Waals surface area contributed by atoms with E-state index in [-0.39, 0.29) is 3.17 Å². The first-order valence-corrected chi connectivity index (χ1v) is 24.3. The van der Waals surface area contributed by atoms with Crippen molar-refractivity contribution in [3.05, 3.63) is 62.8 Å². The Kier molecular flexibility index (Phi) is 6.51. The predicted molar refractivity (Wildman–Crippen MR) is 144 cm³/mol. The summed E-state index contributed by atoms with van der Waals surface area (Å²) in [5.41, 5.74) is 13.4. The summed E-state index contributed by atoms with van der Waals surface area (Å²) in [6.45, 7) is 19.6. The molecule has 0 aliphatic heterocycles. The standard InChI is InChI=1S/C20H27.C10H15.2CH3.Hf/c1-4-5-6-7-8-15-9-10-16-11-17-13-20(2,3)14-18(17)12-19(15)16;1-6-7(2)9(4)10(5)8(6)3;;;/h9-12H,4-8,13-14H2,1-3H3;1-5H3;2*1H3;. The minimum atomic E-state index is -3.09. The van der Waals surface area contributed by atoms with Gasteiger partial charge >= 0.3 is 210 Å². The van der Waals surface area contributed by atoms with Crippen molar-refractivity contribution in [2.45, 2.75) is 116 Å². The van der Waals surface area contributed by atoms with Crippen LogP contribution in [-0.4, -0.2) is 0 Å². The van der Waals surface area contributed by atoms with Crippen LogP contribution in [0.4, 0.5) is 0 Å². The SMILES string of the molecule is CCCCCC[C]1([Hf]([CH3])([CH3])[C]2(C)C(C)=C(C)C(C)=C2C)C=Cc2cc3c(cc21)CC(C)(C)C3. The predicted octanol–water partition coefficient (Wildman–Crippen LogP) is 10.1. The Labute approximate surface area is 209 Å². The number of fused-ring (bicyclic) bond motifs is 2. The Morgan fingerprint density at radius 3 is 1.97 bits per heavy atom. The number of hydrogen-bond donors (Lipinski definition) is 0. The molecule has 0 amide bonds. The first-order valence-electron chi connectivity index (χ1n) is 13.5. The zero-order chi connectivity index (χ0) is 24.4. The van der Waals surface area contributed by atoms with Gasteiger partial charge in [0, 0.05) is 0 Å². The Morgan fingerprint density at radius 2 is 1.39 bits per heavy atom. The molecule has 4 rings (SSSR count). The van der Waals surface area contributed by atoms with E-state index >= 15 is 0 Å². The van der Waals surface area contributed by atoms with Crippen molar-refractivity contribution >= 4 is 6.08 Å². The molecule has 0 nitrogen and oxygen atoms in total. The van der Waals surface area contributed by atoms with E-state index in [1.54, 1.807) is 44.5 Å². The molecule has 0 heterocycles. The Balaban J connectivity index is 1.88. The summed E-state index contributed by atoms with van der Waals surface area (Å²) in [5, 5.41) is 0. The molecule has 0 radical (unpaired) electrons. The van der Waals surface area contributed by atoms with Crippen molar-refractivity contribution in [2.24, 2.45) is 5.41 Å². The van der Waals surface area contributed by atoms with Crippen LogP contribution in [0.25, 0.3) is 6.08 Å². The summed E-state index contributed by atoms with van der Waals surface area (Å²) in [6, 6.07) is 5.30. The molecule has 0 saturated carbocycles. The van der Waals surface area contributed by atoms with Crippen molar-refractivity contribution in [3.63, 3.8) is 0 Å². The van der Waals surface area contributed by atoms with Crippen LogP contribution < -0.4 is 0 Å². The van der Waals surface area contributed by atoms with Gasteiger partial charge in [0.05, 0.1) is 0 Å². The van der Waals surface area contributed by atoms with Gasteiger partial charge in [-0.1, -0.05) is 0 Å². The van der Waals surface area contributed by atoms with Gasteiger partial charge in [-0.05, 0) is 0 Å². The van der Waals surface area contributed by atoms with Gasteiger partial charge in [-0.25, -0.2) is 0 Å². The van der Waals surface area contributed by atoms with E-state index in [0.29, 0.717) is 8.59 Å². The molecule has 0 bridgehead atoms. The van der Waals surface area contributed by atoms with Crippen LogP contribution in [0, 0.1) is 5.41 Å². The Bertz CT molecular complexity index is 1030. The monoisotopic (exact) mass is 612 g/mol. The molecule has 0 aromatic heterocycles. The average Bonchev–Trinajstić information content (AvgIpc) is 3.31. The summed E-state index contributed by atoms with van der Waals surface area (Å²) in [6.07, 6.45) is 14.5. The third-order valence-corrected chi connectivity index (χ3v) is 32.9. The van der Waals surface area contributed by atoms with Gasteiger partial charge < -0.3 is 0 Å². The molecule has 0 fully saturated rings. The van der Waals surface area contributed by atoms with Gasteiger partial charge in [0.1, 0.15) is 0 Å². The molecule has 0 N–H and O–H groups in total. The summed E-state index contributed by atoms with van der Waals surface area (Å²) in [7, 11) is 0. The molecular formula is C32H48Hf. The van der Waals surface area contributed by atoms with Gasteiger partial charge in [-0.15, -0.1) is 0 Å². The second-order valence-electron chi connectivity index (χ2n) is 13.1. The van der Waals surface area contributed by atoms with Crippen molar-refractivity contribution < 1.29 is 20.0 Å². The van der Waals surface area contributed by atoms with E-state index in [0.717, 1.165) is 0 Å². The van der Waals surface area contributed by atoms with Crippen LogP contribution in [0.1, 0.15) is 110 Å². The van der Waals surface area contributed by atoms with Crippen LogP contribution in [-0.2, 0) is 36.0 Å². The summed E-state index contributed by atoms with van der Waals surface area (Å²) in [5.74, 6) is 0.